The lowest BCUT2D eigenvalue weighted by atomic mass is 10.1. The molecule has 0 fully saturated rings. The zero-order valence-electron chi connectivity index (χ0n) is 12.0. The molecule has 0 aliphatic carbocycles. The molecular formula is C17H19BrFNO. The molecule has 112 valence electrons. The Morgan fingerprint density at radius 1 is 1.14 bits per heavy atom. The van der Waals surface area contributed by atoms with Gasteiger partial charge in [0.15, 0.2) is 0 Å². The molecule has 0 radical (unpaired) electrons. The number of nitrogens with one attached hydrogen (secondary N) is 1. The fraction of sp³-hybridized carbons (Fsp3) is 0.294. The fourth-order valence-electron chi connectivity index (χ4n) is 2.00. The minimum atomic E-state index is -0.286. The maximum absolute atomic E-state index is 13.2. The van der Waals surface area contributed by atoms with E-state index in [1.54, 1.807) is 12.1 Å². The Kier molecular flexibility index (Phi) is 6.21. The molecule has 2 rings (SSSR count). The van der Waals surface area contributed by atoms with Crippen LogP contribution in [0.15, 0.2) is 46.9 Å². The predicted molar refractivity (Wildman–Crippen MR) is 86.9 cm³/mol. The first kappa shape index (κ1) is 16.0. The molecule has 0 aliphatic rings. The van der Waals surface area contributed by atoms with Gasteiger partial charge in [0.1, 0.15) is 18.2 Å². The zero-order valence-corrected chi connectivity index (χ0v) is 13.6. The van der Waals surface area contributed by atoms with E-state index in [0.29, 0.717) is 16.8 Å². The lowest BCUT2D eigenvalue weighted by Crippen LogP contribution is -2.15. The summed E-state index contributed by atoms with van der Waals surface area (Å²) in [5.41, 5.74) is 2.37. The molecule has 0 aromatic heterocycles. The highest BCUT2D eigenvalue weighted by Crippen LogP contribution is 2.22. The third-order valence-electron chi connectivity index (χ3n) is 3.15. The third-order valence-corrected chi connectivity index (χ3v) is 3.75. The summed E-state index contributed by atoms with van der Waals surface area (Å²) >= 11 is 3.16. The number of benzene rings is 2. The Morgan fingerprint density at radius 3 is 2.62 bits per heavy atom. The first-order chi connectivity index (χ1) is 10.2. The van der Waals surface area contributed by atoms with Crippen molar-refractivity contribution in [3.63, 3.8) is 0 Å². The molecule has 2 nitrogen and oxygen atoms in total. The summed E-state index contributed by atoms with van der Waals surface area (Å²) in [6.45, 7) is 4.46. The van der Waals surface area contributed by atoms with Gasteiger partial charge in [0, 0.05) is 6.54 Å². The van der Waals surface area contributed by atoms with E-state index in [9.17, 15) is 4.39 Å². The molecule has 2 aromatic carbocycles. The van der Waals surface area contributed by atoms with Crippen LogP contribution in [-0.2, 0) is 13.2 Å². The first-order valence-corrected chi connectivity index (χ1v) is 7.85. The van der Waals surface area contributed by atoms with Crippen LogP contribution in [0.1, 0.15) is 24.5 Å². The smallest absolute Gasteiger partial charge is 0.137 e. The maximum Gasteiger partial charge on any atom is 0.137 e. The average molecular weight is 352 g/mol. The third kappa shape index (κ3) is 4.83. The van der Waals surface area contributed by atoms with Crippen LogP contribution in [0.25, 0.3) is 0 Å². The van der Waals surface area contributed by atoms with Crippen molar-refractivity contribution in [2.45, 2.75) is 26.5 Å². The van der Waals surface area contributed by atoms with Crippen molar-refractivity contribution in [2.75, 3.05) is 6.54 Å². The Morgan fingerprint density at radius 2 is 1.90 bits per heavy atom. The van der Waals surface area contributed by atoms with E-state index < -0.39 is 0 Å². The molecule has 0 amide bonds. The molecular weight excluding hydrogens is 333 g/mol. The highest BCUT2D eigenvalue weighted by molar-refractivity contribution is 9.10. The second-order valence-electron chi connectivity index (χ2n) is 4.81. The summed E-state index contributed by atoms with van der Waals surface area (Å²) < 4.78 is 19.4. The monoisotopic (exact) mass is 351 g/mol. The van der Waals surface area contributed by atoms with Gasteiger partial charge in [0.05, 0.1) is 4.47 Å². The second kappa shape index (κ2) is 8.15. The van der Waals surface area contributed by atoms with Crippen molar-refractivity contribution in [2.24, 2.45) is 0 Å². The molecule has 0 aliphatic heterocycles. The fourth-order valence-corrected chi connectivity index (χ4v) is 2.36. The second-order valence-corrected chi connectivity index (χ2v) is 5.66. The van der Waals surface area contributed by atoms with Crippen molar-refractivity contribution in [1.82, 2.24) is 5.32 Å². The van der Waals surface area contributed by atoms with Crippen LogP contribution in [0.3, 0.4) is 0 Å². The van der Waals surface area contributed by atoms with Crippen LogP contribution >= 0.6 is 15.9 Å². The molecule has 0 spiro atoms. The molecule has 2 aromatic rings. The standard InChI is InChI=1S/C17H19BrFNO/c1-2-9-20-11-13-5-3-4-6-14(13)12-21-15-7-8-17(19)16(18)10-15/h3-8,10,20H,2,9,11-12H2,1H3. The topological polar surface area (TPSA) is 21.3 Å². The van der Waals surface area contributed by atoms with Crippen LogP contribution in [0.4, 0.5) is 4.39 Å². The van der Waals surface area contributed by atoms with Gasteiger partial charge >= 0.3 is 0 Å². The van der Waals surface area contributed by atoms with Gasteiger partial charge in [-0.25, -0.2) is 4.39 Å². The Balaban J connectivity index is 2.00. The summed E-state index contributed by atoms with van der Waals surface area (Å²) in [5, 5.41) is 3.39. The summed E-state index contributed by atoms with van der Waals surface area (Å²) in [5.74, 6) is 0.367. The predicted octanol–water partition coefficient (Wildman–Crippen LogP) is 4.67. The van der Waals surface area contributed by atoms with Crippen LogP contribution in [-0.4, -0.2) is 6.54 Å². The Hall–Kier alpha value is -1.39. The van der Waals surface area contributed by atoms with Gasteiger partial charge < -0.3 is 10.1 Å². The molecule has 0 unspecified atom stereocenters. The molecule has 0 bridgehead atoms. The van der Waals surface area contributed by atoms with Gasteiger partial charge in [-0.1, -0.05) is 31.2 Å². The molecule has 0 heterocycles. The highest BCUT2D eigenvalue weighted by Gasteiger charge is 2.04. The van der Waals surface area contributed by atoms with E-state index in [0.717, 1.165) is 25.1 Å². The van der Waals surface area contributed by atoms with Crippen molar-refractivity contribution >= 4 is 15.9 Å². The number of ether oxygens (including phenoxy) is 1. The number of hydrogen-bond donors (Lipinski definition) is 1. The van der Waals surface area contributed by atoms with E-state index in [-0.39, 0.29) is 5.82 Å². The van der Waals surface area contributed by atoms with Crippen LogP contribution in [0.5, 0.6) is 5.75 Å². The molecule has 1 N–H and O–H groups in total. The lowest BCUT2D eigenvalue weighted by molar-refractivity contribution is 0.304. The molecule has 0 atom stereocenters. The Labute approximate surface area is 133 Å². The average Bonchev–Trinajstić information content (AvgIpc) is 2.50. The van der Waals surface area contributed by atoms with E-state index in [1.807, 2.05) is 12.1 Å². The minimum Gasteiger partial charge on any atom is -0.489 e. The van der Waals surface area contributed by atoms with Crippen LogP contribution < -0.4 is 10.1 Å². The van der Waals surface area contributed by atoms with Crippen molar-refractivity contribution in [3.05, 3.63) is 63.9 Å². The van der Waals surface area contributed by atoms with Crippen molar-refractivity contribution in [3.8, 4) is 5.75 Å². The van der Waals surface area contributed by atoms with E-state index in [1.165, 1.54) is 11.6 Å². The van der Waals surface area contributed by atoms with Gasteiger partial charge in [-0.15, -0.1) is 0 Å². The Bertz CT molecular complexity index is 589. The van der Waals surface area contributed by atoms with Crippen LogP contribution in [0, 0.1) is 5.82 Å². The van der Waals surface area contributed by atoms with E-state index >= 15 is 0 Å². The maximum atomic E-state index is 13.2. The molecule has 4 heteroatoms. The van der Waals surface area contributed by atoms with Gasteiger partial charge in [-0.3, -0.25) is 0 Å². The van der Waals surface area contributed by atoms with Crippen molar-refractivity contribution in [1.29, 1.82) is 0 Å². The SMILES string of the molecule is CCCNCc1ccccc1COc1ccc(F)c(Br)c1. The number of rotatable bonds is 7. The summed E-state index contributed by atoms with van der Waals surface area (Å²) in [4.78, 5) is 0. The van der Waals surface area contributed by atoms with Gasteiger partial charge in [0.25, 0.3) is 0 Å². The number of halogens is 2. The largest absolute Gasteiger partial charge is 0.489 e. The lowest BCUT2D eigenvalue weighted by Gasteiger charge is -2.12. The summed E-state index contributed by atoms with van der Waals surface area (Å²) in [6.07, 6.45) is 1.11. The summed E-state index contributed by atoms with van der Waals surface area (Å²) in [6, 6.07) is 12.9. The normalized spacial score (nSPS) is 10.6. The van der Waals surface area contributed by atoms with Gasteiger partial charge in [-0.2, -0.15) is 0 Å². The molecule has 0 saturated carbocycles. The summed E-state index contributed by atoms with van der Waals surface area (Å²) in [7, 11) is 0. The molecule has 0 saturated heterocycles. The zero-order chi connectivity index (χ0) is 15.1. The number of hydrogen-bond acceptors (Lipinski definition) is 2. The first-order valence-electron chi connectivity index (χ1n) is 7.06. The van der Waals surface area contributed by atoms with Crippen LogP contribution in [0.2, 0.25) is 0 Å². The molecule has 21 heavy (non-hydrogen) atoms. The van der Waals surface area contributed by atoms with E-state index in [2.05, 4.69) is 40.3 Å². The quantitative estimate of drug-likeness (QED) is 0.732. The minimum absolute atomic E-state index is 0.286. The van der Waals surface area contributed by atoms with Gasteiger partial charge in [0.2, 0.25) is 0 Å². The highest BCUT2D eigenvalue weighted by atomic mass is 79.9. The van der Waals surface area contributed by atoms with E-state index in [4.69, 9.17) is 4.74 Å². The van der Waals surface area contributed by atoms with Gasteiger partial charge in [-0.05, 0) is 58.2 Å². The van der Waals surface area contributed by atoms with Crippen molar-refractivity contribution < 1.29 is 9.13 Å².